The van der Waals surface area contributed by atoms with Gasteiger partial charge < -0.3 is 15.0 Å². The molecule has 2 saturated heterocycles. The Labute approximate surface area is 173 Å². The van der Waals surface area contributed by atoms with Gasteiger partial charge in [0.1, 0.15) is 5.75 Å². The molecule has 28 heavy (non-hydrogen) atoms. The molecule has 1 amide bonds. The predicted molar refractivity (Wildman–Crippen MR) is 111 cm³/mol. The number of rotatable bonds is 6. The Kier molecular flexibility index (Phi) is 7.73. The van der Waals surface area contributed by atoms with Gasteiger partial charge in [-0.1, -0.05) is 13.8 Å². The topological polar surface area (TPSA) is 79.0 Å². The van der Waals surface area contributed by atoms with Crippen LogP contribution in [0.15, 0.2) is 23.1 Å². The molecular weight excluding hydrogens is 402 g/mol. The van der Waals surface area contributed by atoms with Crippen LogP contribution >= 0.6 is 12.4 Å². The van der Waals surface area contributed by atoms with Crippen molar-refractivity contribution in [3.05, 3.63) is 23.8 Å². The fourth-order valence-corrected chi connectivity index (χ4v) is 5.51. The minimum absolute atomic E-state index is 0. The molecule has 0 spiro atoms. The average Bonchev–Trinajstić information content (AvgIpc) is 3.00. The molecule has 0 aromatic heterocycles. The molecule has 2 fully saturated rings. The van der Waals surface area contributed by atoms with E-state index in [-0.39, 0.29) is 23.2 Å². The van der Waals surface area contributed by atoms with Crippen LogP contribution in [-0.4, -0.2) is 68.9 Å². The number of likely N-dealkylation sites (tertiary alicyclic amines) is 1. The van der Waals surface area contributed by atoms with Crippen molar-refractivity contribution in [2.45, 2.75) is 50.1 Å². The van der Waals surface area contributed by atoms with Crippen LogP contribution in [0.3, 0.4) is 0 Å². The summed E-state index contributed by atoms with van der Waals surface area (Å²) >= 11 is 0. The van der Waals surface area contributed by atoms with Crippen LogP contribution in [0.1, 0.15) is 43.5 Å². The minimum atomic E-state index is -3.63. The van der Waals surface area contributed by atoms with Crippen LogP contribution in [0, 0.1) is 0 Å². The van der Waals surface area contributed by atoms with Crippen LogP contribution in [0.25, 0.3) is 0 Å². The lowest BCUT2D eigenvalue weighted by atomic mass is 10.1. The summed E-state index contributed by atoms with van der Waals surface area (Å²) in [6, 6.07) is 5.34. The number of hydrogen-bond acceptors (Lipinski definition) is 5. The standard InChI is InChI=1S/C19H29N3O4S.ClH/c1-4-22(5-2)27(24,25)16-8-9-18(26-3)17(12-16)19(23)21-11-10-14-6-7-15(13-21)20-14;/h8-9,12,14-15,20H,4-7,10-11,13H2,1-3H3;1H. The lowest BCUT2D eigenvalue weighted by Gasteiger charge is -2.25. The van der Waals surface area contributed by atoms with Crippen molar-refractivity contribution >= 4 is 28.3 Å². The maximum atomic E-state index is 13.2. The molecule has 2 atom stereocenters. The van der Waals surface area contributed by atoms with E-state index in [2.05, 4.69) is 5.32 Å². The van der Waals surface area contributed by atoms with Gasteiger partial charge in [-0.3, -0.25) is 4.79 Å². The molecule has 7 nitrogen and oxygen atoms in total. The fourth-order valence-electron chi connectivity index (χ4n) is 4.03. The molecule has 158 valence electrons. The summed E-state index contributed by atoms with van der Waals surface area (Å²) in [5, 5.41) is 3.56. The Balaban J connectivity index is 0.00000280. The molecule has 1 N–H and O–H groups in total. The first kappa shape index (κ1) is 22.9. The number of hydrogen-bond donors (Lipinski definition) is 1. The first-order valence-corrected chi connectivity index (χ1v) is 11.1. The molecule has 2 heterocycles. The second-order valence-electron chi connectivity index (χ2n) is 7.13. The SMILES string of the molecule is CCN(CC)S(=O)(=O)c1ccc(OC)c(C(=O)N2CCC3CCC(C2)N3)c1.Cl. The summed E-state index contributed by atoms with van der Waals surface area (Å²) in [4.78, 5) is 15.2. The van der Waals surface area contributed by atoms with E-state index in [1.54, 1.807) is 19.9 Å². The van der Waals surface area contributed by atoms with Crippen LogP contribution in [0.4, 0.5) is 0 Å². The van der Waals surface area contributed by atoms with E-state index < -0.39 is 10.0 Å². The molecule has 1 aromatic rings. The number of fused-ring (bicyclic) bond motifs is 2. The number of sulfonamides is 1. The summed E-state index contributed by atoms with van der Waals surface area (Å²) in [7, 11) is -2.14. The van der Waals surface area contributed by atoms with E-state index in [4.69, 9.17) is 4.74 Å². The molecule has 2 aliphatic heterocycles. The average molecular weight is 432 g/mol. The number of nitrogens with zero attached hydrogens (tertiary/aromatic N) is 2. The third kappa shape index (κ3) is 4.45. The smallest absolute Gasteiger partial charge is 0.257 e. The van der Waals surface area contributed by atoms with Gasteiger partial charge in [-0.25, -0.2) is 8.42 Å². The number of carbonyl (C=O) groups excluding carboxylic acids is 1. The van der Waals surface area contributed by atoms with Crippen molar-refractivity contribution in [2.24, 2.45) is 0 Å². The van der Waals surface area contributed by atoms with Crippen molar-refractivity contribution < 1.29 is 17.9 Å². The maximum absolute atomic E-state index is 13.2. The van der Waals surface area contributed by atoms with Crippen molar-refractivity contribution in [2.75, 3.05) is 33.3 Å². The quantitative estimate of drug-likeness (QED) is 0.746. The first-order valence-electron chi connectivity index (χ1n) is 9.64. The van der Waals surface area contributed by atoms with E-state index >= 15 is 0 Å². The zero-order chi connectivity index (χ0) is 19.6. The number of nitrogens with one attached hydrogen (secondary N) is 1. The zero-order valence-corrected chi connectivity index (χ0v) is 18.3. The lowest BCUT2D eigenvalue weighted by Crippen LogP contribution is -2.39. The van der Waals surface area contributed by atoms with E-state index in [0.717, 1.165) is 19.3 Å². The van der Waals surface area contributed by atoms with Gasteiger partial charge >= 0.3 is 0 Å². The Morgan fingerprint density at radius 2 is 1.89 bits per heavy atom. The zero-order valence-electron chi connectivity index (χ0n) is 16.7. The Hall–Kier alpha value is -1.35. The summed E-state index contributed by atoms with van der Waals surface area (Å²) in [6.07, 6.45) is 3.15. The second-order valence-corrected chi connectivity index (χ2v) is 9.07. The highest BCUT2D eigenvalue weighted by Gasteiger charge is 2.33. The van der Waals surface area contributed by atoms with Gasteiger partial charge in [-0.2, -0.15) is 4.31 Å². The van der Waals surface area contributed by atoms with E-state index in [0.29, 0.717) is 49.6 Å². The fraction of sp³-hybridized carbons (Fsp3) is 0.632. The highest BCUT2D eigenvalue weighted by Crippen LogP contribution is 2.28. The van der Waals surface area contributed by atoms with Crippen LogP contribution in [0.2, 0.25) is 0 Å². The van der Waals surface area contributed by atoms with E-state index in [9.17, 15) is 13.2 Å². The maximum Gasteiger partial charge on any atom is 0.257 e. The molecular formula is C19H30ClN3O4S. The van der Waals surface area contributed by atoms with Gasteiger partial charge in [-0.05, 0) is 37.5 Å². The number of benzene rings is 1. The van der Waals surface area contributed by atoms with Gasteiger partial charge in [0.2, 0.25) is 10.0 Å². The third-order valence-electron chi connectivity index (χ3n) is 5.56. The number of ether oxygens (including phenoxy) is 1. The first-order chi connectivity index (χ1) is 12.9. The molecule has 3 rings (SSSR count). The summed E-state index contributed by atoms with van der Waals surface area (Å²) in [5.41, 5.74) is 0.309. The molecule has 1 aromatic carbocycles. The van der Waals surface area contributed by atoms with Crippen molar-refractivity contribution in [1.29, 1.82) is 0 Å². The third-order valence-corrected chi connectivity index (χ3v) is 7.60. The molecule has 2 bridgehead atoms. The van der Waals surface area contributed by atoms with E-state index in [1.807, 2.05) is 4.90 Å². The predicted octanol–water partition coefficient (Wildman–Crippen LogP) is 2.11. The molecule has 2 unspecified atom stereocenters. The summed E-state index contributed by atoms with van der Waals surface area (Å²) in [6.45, 7) is 5.69. The molecule has 0 radical (unpaired) electrons. The largest absolute Gasteiger partial charge is 0.496 e. The van der Waals surface area contributed by atoms with Gasteiger partial charge in [0.25, 0.3) is 5.91 Å². The molecule has 0 aliphatic carbocycles. The van der Waals surface area contributed by atoms with Gasteiger partial charge in [-0.15, -0.1) is 12.4 Å². The van der Waals surface area contributed by atoms with Crippen LogP contribution in [-0.2, 0) is 10.0 Å². The molecule has 9 heteroatoms. The Bertz CT molecular complexity index is 798. The summed E-state index contributed by atoms with van der Waals surface area (Å²) < 4.78 is 32.5. The van der Waals surface area contributed by atoms with Gasteiger partial charge in [0.05, 0.1) is 17.6 Å². The Morgan fingerprint density at radius 1 is 1.21 bits per heavy atom. The highest BCUT2D eigenvalue weighted by atomic mass is 35.5. The number of halogens is 1. The number of carbonyl (C=O) groups is 1. The van der Waals surface area contributed by atoms with Crippen molar-refractivity contribution in [3.8, 4) is 5.75 Å². The van der Waals surface area contributed by atoms with Gasteiger partial charge in [0, 0.05) is 38.3 Å². The van der Waals surface area contributed by atoms with Crippen LogP contribution in [0.5, 0.6) is 5.75 Å². The highest BCUT2D eigenvalue weighted by molar-refractivity contribution is 7.89. The van der Waals surface area contributed by atoms with Crippen LogP contribution < -0.4 is 10.1 Å². The molecule has 0 saturated carbocycles. The van der Waals surface area contributed by atoms with Crippen molar-refractivity contribution in [3.63, 3.8) is 0 Å². The normalized spacial score (nSPS) is 21.9. The van der Waals surface area contributed by atoms with E-state index in [1.165, 1.54) is 23.5 Å². The minimum Gasteiger partial charge on any atom is -0.496 e. The monoisotopic (exact) mass is 431 g/mol. The number of methoxy groups -OCH3 is 1. The summed E-state index contributed by atoms with van der Waals surface area (Å²) in [5.74, 6) is 0.235. The van der Waals surface area contributed by atoms with Gasteiger partial charge in [0.15, 0.2) is 0 Å². The van der Waals surface area contributed by atoms with Crippen molar-refractivity contribution in [1.82, 2.24) is 14.5 Å². The Morgan fingerprint density at radius 3 is 2.54 bits per heavy atom. The second kappa shape index (κ2) is 9.43. The molecule has 2 aliphatic rings. The number of amides is 1. The lowest BCUT2D eigenvalue weighted by molar-refractivity contribution is 0.0744.